The van der Waals surface area contributed by atoms with Crippen molar-refractivity contribution in [2.45, 2.75) is 84.7 Å². The van der Waals surface area contributed by atoms with Crippen molar-refractivity contribution in [2.75, 3.05) is 20.2 Å². The summed E-state index contributed by atoms with van der Waals surface area (Å²) in [7, 11) is 1.41. The fourth-order valence-corrected chi connectivity index (χ4v) is 2.20. The zero-order valence-electron chi connectivity index (χ0n) is 15.7. The Bertz CT molecular complexity index is 336. The summed E-state index contributed by atoms with van der Waals surface area (Å²) in [6, 6.07) is 0. The Hall–Kier alpha value is -1.26. The first-order valence-corrected chi connectivity index (χ1v) is 8.85. The second-order valence-corrected chi connectivity index (χ2v) is 6.91. The third-order valence-corrected chi connectivity index (χ3v) is 3.47. The lowest BCUT2D eigenvalue weighted by molar-refractivity contribution is -0.140. The van der Waals surface area contributed by atoms with Gasteiger partial charge in [0.05, 0.1) is 7.11 Å². The van der Waals surface area contributed by atoms with E-state index in [9.17, 15) is 9.59 Å². The molecule has 0 saturated heterocycles. The summed E-state index contributed by atoms with van der Waals surface area (Å²) in [5.74, 6) is -0.173. The molecule has 0 rings (SSSR count). The van der Waals surface area contributed by atoms with Crippen molar-refractivity contribution in [1.29, 1.82) is 0 Å². The lowest BCUT2D eigenvalue weighted by atomic mass is 10.1. The third kappa shape index (κ3) is 12.9. The Morgan fingerprint density at radius 1 is 0.913 bits per heavy atom. The quantitative estimate of drug-likeness (QED) is 0.412. The van der Waals surface area contributed by atoms with E-state index in [1.807, 2.05) is 20.8 Å². The molecule has 0 atom stereocenters. The molecule has 5 nitrogen and oxygen atoms in total. The summed E-state index contributed by atoms with van der Waals surface area (Å²) in [6.45, 7) is 9.25. The van der Waals surface area contributed by atoms with E-state index in [-0.39, 0.29) is 12.1 Å². The van der Waals surface area contributed by atoms with Crippen LogP contribution >= 0.6 is 0 Å². The number of carbonyl (C=O) groups is 2. The molecule has 136 valence electrons. The number of hydrogen-bond acceptors (Lipinski definition) is 4. The van der Waals surface area contributed by atoms with Gasteiger partial charge >= 0.3 is 12.1 Å². The smallest absolute Gasteiger partial charge is 0.410 e. The van der Waals surface area contributed by atoms with Crippen molar-refractivity contribution in [3.63, 3.8) is 0 Å². The van der Waals surface area contributed by atoms with Crippen LogP contribution < -0.4 is 0 Å². The number of rotatable bonds is 11. The largest absolute Gasteiger partial charge is 0.469 e. The van der Waals surface area contributed by atoms with Crippen molar-refractivity contribution in [3.8, 4) is 0 Å². The number of ether oxygens (including phenoxy) is 2. The van der Waals surface area contributed by atoms with E-state index >= 15 is 0 Å². The van der Waals surface area contributed by atoms with Gasteiger partial charge in [0.2, 0.25) is 0 Å². The zero-order valence-corrected chi connectivity index (χ0v) is 15.7. The molecule has 0 fully saturated rings. The van der Waals surface area contributed by atoms with Crippen LogP contribution in [0.4, 0.5) is 4.79 Å². The summed E-state index contributed by atoms with van der Waals surface area (Å²) < 4.78 is 10.1. The molecule has 0 saturated carbocycles. The second-order valence-electron chi connectivity index (χ2n) is 6.91. The minimum absolute atomic E-state index is 0.173. The molecular formula is C18H35NO4. The van der Waals surface area contributed by atoms with Crippen LogP contribution in [0.25, 0.3) is 0 Å². The summed E-state index contributed by atoms with van der Waals surface area (Å²) in [4.78, 5) is 25.1. The first-order chi connectivity index (χ1) is 10.8. The van der Waals surface area contributed by atoms with Gasteiger partial charge < -0.3 is 14.4 Å². The Balaban J connectivity index is 4.20. The summed E-state index contributed by atoms with van der Waals surface area (Å²) in [6.07, 6.45) is 7.31. The molecule has 5 heteroatoms. The van der Waals surface area contributed by atoms with Crippen LogP contribution in [0.5, 0.6) is 0 Å². The first kappa shape index (κ1) is 21.7. The van der Waals surface area contributed by atoms with Crippen molar-refractivity contribution in [2.24, 2.45) is 0 Å². The van der Waals surface area contributed by atoms with Crippen molar-refractivity contribution >= 4 is 12.1 Å². The maximum Gasteiger partial charge on any atom is 0.410 e. The molecule has 23 heavy (non-hydrogen) atoms. The lowest BCUT2D eigenvalue weighted by Gasteiger charge is -2.27. The average molecular weight is 329 g/mol. The fourth-order valence-electron chi connectivity index (χ4n) is 2.20. The molecule has 0 aliphatic carbocycles. The van der Waals surface area contributed by atoms with E-state index in [2.05, 4.69) is 11.7 Å². The summed E-state index contributed by atoms with van der Waals surface area (Å²) in [5, 5.41) is 0. The average Bonchev–Trinajstić information content (AvgIpc) is 2.46. The highest BCUT2D eigenvalue weighted by Crippen LogP contribution is 2.12. The van der Waals surface area contributed by atoms with Crippen LogP contribution in [-0.2, 0) is 14.3 Å². The number of unbranched alkanes of at least 4 members (excludes halogenated alkanes) is 5. The fraction of sp³-hybridized carbons (Fsp3) is 0.889. The van der Waals surface area contributed by atoms with Gasteiger partial charge in [-0.25, -0.2) is 4.79 Å². The molecule has 0 spiro atoms. The molecule has 0 aromatic carbocycles. The highest BCUT2D eigenvalue weighted by molar-refractivity contribution is 5.69. The van der Waals surface area contributed by atoms with Gasteiger partial charge in [0, 0.05) is 19.5 Å². The van der Waals surface area contributed by atoms with Gasteiger partial charge in [-0.2, -0.15) is 0 Å². The van der Waals surface area contributed by atoms with Crippen LogP contribution in [0.3, 0.4) is 0 Å². The van der Waals surface area contributed by atoms with Gasteiger partial charge in [0.15, 0.2) is 0 Å². The Morgan fingerprint density at radius 3 is 1.96 bits per heavy atom. The Labute approximate surface area is 141 Å². The van der Waals surface area contributed by atoms with Crippen LogP contribution in [0, 0.1) is 0 Å². The highest BCUT2D eigenvalue weighted by atomic mass is 16.6. The summed E-state index contributed by atoms with van der Waals surface area (Å²) >= 11 is 0. The SMILES string of the molecule is CCCCCCN(CCCCCC(=O)OC)C(=O)OC(C)(C)C. The number of nitrogens with zero attached hydrogens (tertiary/aromatic N) is 1. The molecule has 0 unspecified atom stereocenters. The summed E-state index contributed by atoms with van der Waals surface area (Å²) in [5.41, 5.74) is -0.469. The van der Waals surface area contributed by atoms with Gasteiger partial charge in [-0.15, -0.1) is 0 Å². The topological polar surface area (TPSA) is 55.8 Å². The molecule has 0 radical (unpaired) electrons. The maximum absolute atomic E-state index is 12.3. The molecule has 0 aromatic heterocycles. The predicted molar refractivity (Wildman–Crippen MR) is 92.4 cm³/mol. The van der Waals surface area contributed by atoms with Crippen LogP contribution in [0.2, 0.25) is 0 Å². The first-order valence-electron chi connectivity index (χ1n) is 8.85. The minimum atomic E-state index is -0.469. The number of hydrogen-bond donors (Lipinski definition) is 0. The van der Waals surface area contributed by atoms with Crippen molar-refractivity contribution < 1.29 is 19.1 Å². The molecule has 0 N–H and O–H groups in total. The molecule has 0 bridgehead atoms. The third-order valence-electron chi connectivity index (χ3n) is 3.47. The molecule has 0 aliphatic rings. The normalized spacial score (nSPS) is 11.2. The van der Waals surface area contributed by atoms with E-state index in [1.165, 1.54) is 20.0 Å². The highest BCUT2D eigenvalue weighted by Gasteiger charge is 2.21. The molecule has 0 aromatic rings. The molecule has 0 aliphatic heterocycles. The molecule has 0 heterocycles. The van der Waals surface area contributed by atoms with E-state index < -0.39 is 5.60 Å². The number of carbonyl (C=O) groups excluding carboxylic acids is 2. The van der Waals surface area contributed by atoms with Gasteiger partial charge in [-0.1, -0.05) is 32.6 Å². The lowest BCUT2D eigenvalue weighted by Crippen LogP contribution is -2.38. The van der Waals surface area contributed by atoms with Crippen LogP contribution in [0.1, 0.15) is 79.1 Å². The van der Waals surface area contributed by atoms with Gasteiger partial charge in [-0.3, -0.25) is 4.79 Å². The Kier molecular flexibility index (Phi) is 11.5. The van der Waals surface area contributed by atoms with Crippen molar-refractivity contribution in [1.82, 2.24) is 4.90 Å². The van der Waals surface area contributed by atoms with E-state index in [0.717, 1.165) is 38.6 Å². The number of amides is 1. The van der Waals surface area contributed by atoms with Crippen LogP contribution in [0.15, 0.2) is 0 Å². The molecular weight excluding hydrogens is 294 g/mol. The van der Waals surface area contributed by atoms with Crippen LogP contribution in [-0.4, -0.2) is 42.8 Å². The number of esters is 1. The zero-order chi connectivity index (χ0) is 17.7. The Morgan fingerprint density at radius 2 is 1.48 bits per heavy atom. The standard InChI is InChI=1S/C18H35NO4/c1-6-7-8-11-14-19(17(21)23-18(2,3)4)15-12-9-10-13-16(20)22-5/h6-15H2,1-5H3. The minimum Gasteiger partial charge on any atom is -0.469 e. The maximum atomic E-state index is 12.3. The van der Waals surface area contributed by atoms with E-state index in [1.54, 1.807) is 4.90 Å². The molecule has 1 amide bonds. The van der Waals surface area contributed by atoms with Gasteiger partial charge in [0.1, 0.15) is 5.60 Å². The van der Waals surface area contributed by atoms with Gasteiger partial charge in [-0.05, 0) is 40.0 Å². The van der Waals surface area contributed by atoms with E-state index in [0.29, 0.717) is 13.0 Å². The monoisotopic (exact) mass is 329 g/mol. The van der Waals surface area contributed by atoms with Crippen molar-refractivity contribution in [3.05, 3.63) is 0 Å². The van der Waals surface area contributed by atoms with E-state index in [4.69, 9.17) is 4.74 Å². The van der Waals surface area contributed by atoms with Gasteiger partial charge in [0.25, 0.3) is 0 Å². The number of methoxy groups -OCH3 is 1. The second kappa shape index (κ2) is 12.2. The predicted octanol–water partition coefficient (Wildman–Crippen LogP) is 4.54.